The maximum Gasteiger partial charge on any atom is 0.0730 e. The average molecular weight is 197 g/mol. The molecule has 1 aliphatic heterocycles. The standard InChI is InChI=1S/C10H11ClNO/c11-9-3-1-8(2-4-9)10-7-13-6-5-12-10/h1-4,10H,5-7H2. The van der Waals surface area contributed by atoms with Gasteiger partial charge in [0, 0.05) is 11.6 Å². The zero-order valence-corrected chi connectivity index (χ0v) is 8.00. The summed E-state index contributed by atoms with van der Waals surface area (Å²) >= 11 is 5.79. The van der Waals surface area contributed by atoms with Gasteiger partial charge in [0.25, 0.3) is 0 Å². The summed E-state index contributed by atoms with van der Waals surface area (Å²) in [4.78, 5) is 0. The maximum atomic E-state index is 5.79. The summed E-state index contributed by atoms with van der Waals surface area (Å²) in [6.45, 7) is 2.25. The molecule has 1 fully saturated rings. The van der Waals surface area contributed by atoms with Crippen molar-refractivity contribution in [2.24, 2.45) is 0 Å². The topological polar surface area (TPSA) is 23.3 Å². The van der Waals surface area contributed by atoms with Gasteiger partial charge in [0.1, 0.15) is 0 Å². The molecule has 1 radical (unpaired) electrons. The van der Waals surface area contributed by atoms with Crippen LogP contribution in [0.5, 0.6) is 0 Å². The van der Waals surface area contributed by atoms with Crippen molar-refractivity contribution in [3.8, 4) is 0 Å². The van der Waals surface area contributed by atoms with Crippen molar-refractivity contribution in [3.05, 3.63) is 34.9 Å². The second kappa shape index (κ2) is 4.09. The summed E-state index contributed by atoms with van der Waals surface area (Å²) in [5, 5.41) is 5.23. The van der Waals surface area contributed by atoms with Gasteiger partial charge in [-0.2, -0.15) is 0 Å². The highest BCUT2D eigenvalue weighted by molar-refractivity contribution is 6.30. The van der Waals surface area contributed by atoms with E-state index in [2.05, 4.69) is 5.32 Å². The van der Waals surface area contributed by atoms with Crippen molar-refractivity contribution in [2.75, 3.05) is 19.8 Å². The number of benzene rings is 1. The molecular weight excluding hydrogens is 186 g/mol. The van der Waals surface area contributed by atoms with Gasteiger partial charge >= 0.3 is 0 Å². The molecule has 0 aliphatic carbocycles. The molecule has 1 aliphatic rings. The predicted molar refractivity (Wildman–Crippen MR) is 52.0 cm³/mol. The van der Waals surface area contributed by atoms with Crippen molar-refractivity contribution in [3.63, 3.8) is 0 Å². The van der Waals surface area contributed by atoms with E-state index in [1.807, 2.05) is 24.3 Å². The SMILES string of the molecule is Clc1ccc(C2COCC[N]2)cc1. The lowest BCUT2D eigenvalue weighted by atomic mass is 10.1. The molecule has 3 heteroatoms. The molecule has 0 saturated carbocycles. The van der Waals surface area contributed by atoms with E-state index in [1.54, 1.807) is 0 Å². The molecular formula is C10H11ClNO. The second-order valence-electron chi connectivity index (χ2n) is 3.05. The molecule has 1 atom stereocenters. The molecule has 1 unspecified atom stereocenters. The predicted octanol–water partition coefficient (Wildman–Crippen LogP) is 2.02. The first kappa shape index (κ1) is 9.00. The number of nitrogens with zero attached hydrogens (tertiary/aromatic N) is 1. The van der Waals surface area contributed by atoms with E-state index >= 15 is 0 Å². The molecule has 0 aromatic heterocycles. The highest BCUT2D eigenvalue weighted by Crippen LogP contribution is 2.19. The number of hydrogen-bond donors (Lipinski definition) is 0. The number of morpholine rings is 1. The Kier molecular flexibility index (Phi) is 2.83. The zero-order valence-electron chi connectivity index (χ0n) is 7.24. The Morgan fingerprint density at radius 2 is 2.08 bits per heavy atom. The third kappa shape index (κ3) is 2.21. The number of rotatable bonds is 1. The first-order valence-corrected chi connectivity index (χ1v) is 4.74. The number of halogens is 1. The van der Waals surface area contributed by atoms with Crippen molar-refractivity contribution in [2.45, 2.75) is 6.04 Å². The smallest absolute Gasteiger partial charge is 0.0730 e. The molecule has 1 saturated heterocycles. The minimum atomic E-state index is 0.200. The molecule has 1 aromatic rings. The van der Waals surface area contributed by atoms with Crippen LogP contribution >= 0.6 is 11.6 Å². The minimum absolute atomic E-state index is 0.200. The zero-order chi connectivity index (χ0) is 9.10. The Hall–Kier alpha value is -0.570. The Bertz CT molecular complexity index is 267. The minimum Gasteiger partial charge on any atom is -0.378 e. The molecule has 0 bridgehead atoms. The lowest BCUT2D eigenvalue weighted by Crippen LogP contribution is -2.29. The van der Waals surface area contributed by atoms with Gasteiger partial charge in [-0.05, 0) is 17.7 Å². The van der Waals surface area contributed by atoms with Crippen molar-refractivity contribution in [1.29, 1.82) is 0 Å². The Labute approximate surface area is 82.9 Å². The Morgan fingerprint density at radius 3 is 2.69 bits per heavy atom. The monoisotopic (exact) mass is 196 g/mol. The lowest BCUT2D eigenvalue weighted by molar-refractivity contribution is 0.0745. The molecule has 69 valence electrons. The molecule has 0 amide bonds. The summed E-state index contributed by atoms with van der Waals surface area (Å²) in [6.07, 6.45) is 0. The van der Waals surface area contributed by atoms with Gasteiger partial charge < -0.3 is 4.74 Å². The van der Waals surface area contributed by atoms with Crippen LogP contribution in [-0.2, 0) is 4.74 Å². The van der Waals surface area contributed by atoms with Gasteiger partial charge in [-0.3, -0.25) is 0 Å². The van der Waals surface area contributed by atoms with E-state index in [4.69, 9.17) is 16.3 Å². The van der Waals surface area contributed by atoms with Crippen LogP contribution in [0.3, 0.4) is 0 Å². The summed E-state index contributed by atoms with van der Waals surface area (Å²) in [5.74, 6) is 0. The quantitative estimate of drug-likeness (QED) is 0.674. The van der Waals surface area contributed by atoms with Crippen LogP contribution < -0.4 is 5.32 Å². The molecule has 1 heterocycles. The van der Waals surface area contributed by atoms with Crippen LogP contribution in [0.1, 0.15) is 11.6 Å². The van der Waals surface area contributed by atoms with Gasteiger partial charge in [-0.1, -0.05) is 23.7 Å². The molecule has 0 spiro atoms. The molecule has 0 N–H and O–H groups in total. The summed E-state index contributed by atoms with van der Waals surface area (Å²) in [7, 11) is 0. The van der Waals surface area contributed by atoms with E-state index in [0.29, 0.717) is 6.61 Å². The van der Waals surface area contributed by atoms with Gasteiger partial charge in [0.2, 0.25) is 0 Å². The van der Waals surface area contributed by atoms with Gasteiger partial charge in [-0.15, -0.1) is 0 Å². The van der Waals surface area contributed by atoms with Crippen LogP contribution in [0.2, 0.25) is 5.02 Å². The van der Waals surface area contributed by atoms with Crippen LogP contribution in [0.25, 0.3) is 0 Å². The molecule has 1 aromatic carbocycles. The lowest BCUT2D eigenvalue weighted by Gasteiger charge is -2.22. The highest BCUT2D eigenvalue weighted by atomic mass is 35.5. The largest absolute Gasteiger partial charge is 0.378 e. The summed E-state index contributed by atoms with van der Waals surface area (Å²) in [5.41, 5.74) is 1.18. The van der Waals surface area contributed by atoms with Gasteiger partial charge in [-0.25, -0.2) is 5.32 Å². The van der Waals surface area contributed by atoms with Crippen LogP contribution in [0, 0.1) is 0 Å². The van der Waals surface area contributed by atoms with Crippen LogP contribution in [0.4, 0.5) is 0 Å². The number of hydrogen-bond acceptors (Lipinski definition) is 1. The Balaban J connectivity index is 2.10. The molecule has 13 heavy (non-hydrogen) atoms. The van der Waals surface area contributed by atoms with Crippen molar-refractivity contribution < 1.29 is 4.74 Å². The normalized spacial score (nSPS) is 23.0. The summed E-state index contributed by atoms with van der Waals surface area (Å²) < 4.78 is 5.34. The summed E-state index contributed by atoms with van der Waals surface area (Å²) in [6, 6.07) is 7.99. The van der Waals surface area contributed by atoms with E-state index in [0.717, 1.165) is 18.2 Å². The first-order valence-electron chi connectivity index (χ1n) is 4.36. The first-order chi connectivity index (χ1) is 6.36. The highest BCUT2D eigenvalue weighted by Gasteiger charge is 2.15. The van der Waals surface area contributed by atoms with Crippen LogP contribution in [-0.4, -0.2) is 19.8 Å². The van der Waals surface area contributed by atoms with Crippen molar-refractivity contribution in [1.82, 2.24) is 5.32 Å². The fourth-order valence-electron chi connectivity index (χ4n) is 1.41. The van der Waals surface area contributed by atoms with E-state index in [1.165, 1.54) is 5.56 Å². The third-order valence-electron chi connectivity index (χ3n) is 2.12. The van der Waals surface area contributed by atoms with E-state index < -0.39 is 0 Å². The Morgan fingerprint density at radius 1 is 1.31 bits per heavy atom. The fourth-order valence-corrected chi connectivity index (χ4v) is 1.53. The molecule has 2 nitrogen and oxygen atoms in total. The fraction of sp³-hybridized carbons (Fsp3) is 0.400. The van der Waals surface area contributed by atoms with E-state index in [-0.39, 0.29) is 6.04 Å². The van der Waals surface area contributed by atoms with E-state index in [9.17, 15) is 0 Å². The second-order valence-corrected chi connectivity index (χ2v) is 3.48. The number of ether oxygens (including phenoxy) is 1. The molecule has 2 rings (SSSR count). The van der Waals surface area contributed by atoms with Gasteiger partial charge in [0.05, 0.1) is 19.3 Å². The average Bonchev–Trinajstić information content (AvgIpc) is 2.20. The van der Waals surface area contributed by atoms with Gasteiger partial charge in [0.15, 0.2) is 0 Å². The van der Waals surface area contributed by atoms with Crippen molar-refractivity contribution >= 4 is 11.6 Å². The maximum absolute atomic E-state index is 5.79. The van der Waals surface area contributed by atoms with Crippen LogP contribution in [0.15, 0.2) is 24.3 Å². The third-order valence-corrected chi connectivity index (χ3v) is 2.37.